The molecule has 0 bridgehead atoms. The van der Waals surface area contributed by atoms with Gasteiger partial charge < -0.3 is 5.73 Å². The van der Waals surface area contributed by atoms with Crippen LogP contribution in [0, 0.1) is 0 Å². The van der Waals surface area contributed by atoms with Crippen LogP contribution in [0.1, 0.15) is 18.9 Å². The molecular formula is C10H16N2O2S. The lowest BCUT2D eigenvalue weighted by molar-refractivity contribution is 0.597. The summed E-state index contributed by atoms with van der Waals surface area (Å²) in [5.41, 5.74) is 6.69. The minimum Gasteiger partial charge on any atom is -0.328 e. The molecule has 4 nitrogen and oxygen atoms in total. The van der Waals surface area contributed by atoms with Crippen LogP contribution in [0.25, 0.3) is 0 Å². The molecule has 0 amide bonds. The van der Waals surface area contributed by atoms with Gasteiger partial charge in [0.05, 0.1) is 4.90 Å². The van der Waals surface area contributed by atoms with Crippen LogP contribution in [0.4, 0.5) is 0 Å². The standard InChI is InChI=1S/C10H16N2O2S/c1-8(11)2-3-9-4-6-10(7-5-9)15(12,13)14/h4-8H,2-3,11H2,1H3,(H2,12,13,14)/t8-/m0/s1. The van der Waals surface area contributed by atoms with Gasteiger partial charge in [-0.2, -0.15) is 0 Å². The molecule has 15 heavy (non-hydrogen) atoms. The zero-order valence-electron chi connectivity index (χ0n) is 8.68. The van der Waals surface area contributed by atoms with E-state index in [0.29, 0.717) is 0 Å². The SMILES string of the molecule is C[C@H](N)CCc1ccc(S(N)(=O)=O)cc1. The Hall–Kier alpha value is -0.910. The van der Waals surface area contributed by atoms with E-state index in [-0.39, 0.29) is 10.9 Å². The average Bonchev–Trinajstić information content (AvgIpc) is 2.14. The number of rotatable bonds is 4. The highest BCUT2D eigenvalue weighted by Gasteiger charge is 2.06. The minimum absolute atomic E-state index is 0.145. The van der Waals surface area contributed by atoms with E-state index in [1.807, 2.05) is 6.92 Å². The minimum atomic E-state index is -3.58. The van der Waals surface area contributed by atoms with E-state index in [4.69, 9.17) is 10.9 Å². The largest absolute Gasteiger partial charge is 0.328 e. The third-order valence-corrected chi connectivity index (χ3v) is 3.07. The van der Waals surface area contributed by atoms with Crippen molar-refractivity contribution in [2.45, 2.75) is 30.7 Å². The molecule has 5 heteroatoms. The molecule has 0 aromatic heterocycles. The molecule has 0 aliphatic heterocycles. The van der Waals surface area contributed by atoms with Crippen molar-refractivity contribution in [2.75, 3.05) is 0 Å². The molecule has 1 atom stereocenters. The Bertz CT molecular complexity index is 410. The van der Waals surface area contributed by atoms with Crippen molar-refractivity contribution >= 4 is 10.0 Å². The van der Waals surface area contributed by atoms with Gasteiger partial charge in [-0.15, -0.1) is 0 Å². The Morgan fingerprint density at radius 1 is 1.27 bits per heavy atom. The van der Waals surface area contributed by atoms with Gasteiger partial charge in [0.15, 0.2) is 0 Å². The summed E-state index contributed by atoms with van der Waals surface area (Å²) < 4.78 is 21.9. The lowest BCUT2D eigenvalue weighted by Crippen LogP contribution is -2.15. The molecule has 0 spiro atoms. The third-order valence-electron chi connectivity index (χ3n) is 2.14. The fourth-order valence-corrected chi connectivity index (χ4v) is 1.76. The monoisotopic (exact) mass is 228 g/mol. The van der Waals surface area contributed by atoms with E-state index in [1.165, 1.54) is 12.1 Å². The van der Waals surface area contributed by atoms with Crippen LogP contribution in [0.2, 0.25) is 0 Å². The van der Waals surface area contributed by atoms with Gasteiger partial charge in [-0.05, 0) is 37.5 Å². The first-order valence-corrected chi connectivity index (χ1v) is 6.31. The van der Waals surface area contributed by atoms with Gasteiger partial charge in [0.25, 0.3) is 0 Å². The smallest absolute Gasteiger partial charge is 0.238 e. The van der Waals surface area contributed by atoms with Crippen molar-refractivity contribution in [3.63, 3.8) is 0 Å². The summed E-state index contributed by atoms with van der Waals surface area (Å²) in [6, 6.07) is 6.73. The second-order valence-electron chi connectivity index (χ2n) is 3.70. The van der Waals surface area contributed by atoms with Crippen LogP contribution in [0.5, 0.6) is 0 Å². The molecule has 0 fully saturated rings. The van der Waals surface area contributed by atoms with Crippen LogP contribution in [-0.4, -0.2) is 14.5 Å². The van der Waals surface area contributed by atoms with Crippen molar-refractivity contribution < 1.29 is 8.42 Å². The molecule has 1 aromatic rings. The Morgan fingerprint density at radius 2 is 1.80 bits per heavy atom. The molecule has 0 aliphatic carbocycles. The predicted octanol–water partition coefficient (Wildman–Crippen LogP) is 0.614. The molecule has 0 saturated heterocycles. The number of aryl methyl sites for hydroxylation is 1. The molecule has 1 aromatic carbocycles. The zero-order chi connectivity index (χ0) is 11.5. The number of primary sulfonamides is 1. The molecule has 0 aliphatic rings. The molecule has 0 saturated carbocycles. The highest BCUT2D eigenvalue weighted by Crippen LogP contribution is 2.10. The first kappa shape index (κ1) is 12.2. The zero-order valence-corrected chi connectivity index (χ0v) is 9.50. The molecule has 84 valence electrons. The number of hydrogen-bond acceptors (Lipinski definition) is 3. The molecule has 0 unspecified atom stereocenters. The van der Waals surface area contributed by atoms with Crippen LogP contribution >= 0.6 is 0 Å². The van der Waals surface area contributed by atoms with Gasteiger partial charge in [0.1, 0.15) is 0 Å². The van der Waals surface area contributed by atoms with Gasteiger partial charge in [-0.25, -0.2) is 13.6 Å². The van der Waals surface area contributed by atoms with Gasteiger partial charge >= 0.3 is 0 Å². The highest BCUT2D eigenvalue weighted by atomic mass is 32.2. The van der Waals surface area contributed by atoms with Gasteiger partial charge in [-0.1, -0.05) is 12.1 Å². The van der Waals surface area contributed by atoms with Gasteiger partial charge in [0.2, 0.25) is 10.0 Å². The second-order valence-corrected chi connectivity index (χ2v) is 5.27. The lowest BCUT2D eigenvalue weighted by atomic mass is 10.1. The Morgan fingerprint density at radius 3 is 2.20 bits per heavy atom. The number of hydrogen-bond donors (Lipinski definition) is 2. The van der Waals surface area contributed by atoms with Crippen LogP contribution in [0.3, 0.4) is 0 Å². The number of benzene rings is 1. The maximum Gasteiger partial charge on any atom is 0.238 e. The summed E-state index contributed by atoms with van der Waals surface area (Å²) in [4.78, 5) is 0.145. The molecule has 1 rings (SSSR count). The van der Waals surface area contributed by atoms with Crippen molar-refractivity contribution in [2.24, 2.45) is 10.9 Å². The van der Waals surface area contributed by atoms with E-state index in [1.54, 1.807) is 12.1 Å². The normalized spacial score (nSPS) is 13.8. The van der Waals surface area contributed by atoms with Crippen molar-refractivity contribution in [3.8, 4) is 0 Å². The summed E-state index contributed by atoms with van der Waals surface area (Å²) in [5.74, 6) is 0. The lowest BCUT2D eigenvalue weighted by Gasteiger charge is -2.05. The maximum absolute atomic E-state index is 11.0. The maximum atomic E-state index is 11.0. The van der Waals surface area contributed by atoms with Crippen LogP contribution in [-0.2, 0) is 16.4 Å². The first-order valence-electron chi connectivity index (χ1n) is 4.77. The molecular weight excluding hydrogens is 212 g/mol. The van der Waals surface area contributed by atoms with Crippen molar-refractivity contribution in [3.05, 3.63) is 29.8 Å². The molecule has 0 heterocycles. The summed E-state index contributed by atoms with van der Waals surface area (Å²) in [5, 5.41) is 4.98. The van der Waals surface area contributed by atoms with Gasteiger partial charge in [0, 0.05) is 6.04 Å². The second kappa shape index (κ2) is 4.74. The van der Waals surface area contributed by atoms with Crippen molar-refractivity contribution in [1.82, 2.24) is 0 Å². The summed E-state index contributed by atoms with van der Waals surface area (Å²) >= 11 is 0. The topological polar surface area (TPSA) is 86.2 Å². The molecule has 0 radical (unpaired) electrons. The Kier molecular flexibility index (Phi) is 3.84. The highest BCUT2D eigenvalue weighted by molar-refractivity contribution is 7.89. The summed E-state index contributed by atoms with van der Waals surface area (Å²) in [7, 11) is -3.58. The van der Waals surface area contributed by atoms with Crippen LogP contribution < -0.4 is 10.9 Å². The summed E-state index contributed by atoms with van der Waals surface area (Å²) in [6.07, 6.45) is 1.73. The quantitative estimate of drug-likeness (QED) is 0.791. The number of nitrogens with two attached hydrogens (primary N) is 2. The first-order chi connectivity index (χ1) is 6.89. The predicted molar refractivity (Wildman–Crippen MR) is 59.8 cm³/mol. The molecule has 4 N–H and O–H groups in total. The Balaban J connectivity index is 2.73. The Labute approximate surface area is 90.3 Å². The van der Waals surface area contributed by atoms with E-state index >= 15 is 0 Å². The fourth-order valence-electron chi connectivity index (χ4n) is 1.24. The van der Waals surface area contributed by atoms with E-state index < -0.39 is 10.0 Å². The average molecular weight is 228 g/mol. The fraction of sp³-hybridized carbons (Fsp3) is 0.400. The van der Waals surface area contributed by atoms with Crippen molar-refractivity contribution in [1.29, 1.82) is 0 Å². The van der Waals surface area contributed by atoms with E-state index in [0.717, 1.165) is 18.4 Å². The number of sulfonamides is 1. The van der Waals surface area contributed by atoms with E-state index in [2.05, 4.69) is 0 Å². The van der Waals surface area contributed by atoms with Gasteiger partial charge in [-0.3, -0.25) is 0 Å². The summed E-state index contributed by atoms with van der Waals surface area (Å²) in [6.45, 7) is 1.94. The van der Waals surface area contributed by atoms with E-state index in [9.17, 15) is 8.42 Å². The van der Waals surface area contributed by atoms with Crippen LogP contribution in [0.15, 0.2) is 29.2 Å². The third kappa shape index (κ3) is 3.99.